The van der Waals surface area contributed by atoms with Crippen LogP contribution in [0.3, 0.4) is 0 Å². The first-order chi connectivity index (χ1) is 10.9. The van der Waals surface area contributed by atoms with Crippen molar-refractivity contribution in [2.45, 2.75) is 33.4 Å². The molecule has 0 saturated heterocycles. The van der Waals surface area contributed by atoms with Gasteiger partial charge in [-0.05, 0) is 24.5 Å². The van der Waals surface area contributed by atoms with Gasteiger partial charge in [0.05, 0.1) is 24.8 Å². The molecule has 0 bridgehead atoms. The largest absolute Gasteiger partial charge is 0.349 e. The Hall–Kier alpha value is -1.83. The second-order valence-electron chi connectivity index (χ2n) is 5.92. The Morgan fingerprint density at radius 1 is 1.28 bits per heavy atom. The molecular formula is C16H25Cl2N5O2. The van der Waals surface area contributed by atoms with Crippen LogP contribution >= 0.6 is 24.8 Å². The van der Waals surface area contributed by atoms with E-state index in [1.54, 1.807) is 0 Å². The fraction of sp³-hybridized carbons (Fsp3) is 0.438. The molecule has 0 aliphatic heterocycles. The Balaban J connectivity index is 0.00000288. The Labute approximate surface area is 159 Å². The van der Waals surface area contributed by atoms with E-state index in [9.17, 15) is 9.59 Å². The molecule has 2 aromatic rings. The van der Waals surface area contributed by atoms with E-state index in [0.29, 0.717) is 6.54 Å². The average molecular weight is 390 g/mol. The number of rotatable bonds is 6. The third kappa shape index (κ3) is 6.19. The Bertz CT molecular complexity index is 718. The summed E-state index contributed by atoms with van der Waals surface area (Å²) in [6.07, 6.45) is 3.78. The quantitative estimate of drug-likeness (QED) is 0.690. The molecule has 2 amide bonds. The standard InChI is InChI=1S/C16H23N5O2.2ClH/c1-10(2)14(17)16(23)19-8-13(22)18-7-12-9-21-6-4-5-11(3)15(21)20-12;;/h4-6,9-10,14H,7-8,17H2,1-3H3,(H,18,22)(H,19,23);2*1H/t14-;;/m0../s1. The maximum atomic E-state index is 11.8. The van der Waals surface area contributed by atoms with E-state index in [1.807, 2.05) is 49.7 Å². The van der Waals surface area contributed by atoms with Gasteiger partial charge in [-0.15, -0.1) is 24.8 Å². The molecular weight excluding hydrogens is 365 g/mol. The van der Waals surface area contributed by atoms with Crippen molar-refractivity contribution in [3.05, 3.63) is 35.8 Å². The van der Waals surface area contributed by atoms with E-state index in [1.165, 1.54) is 0 Å². The number of nitrogens with zero attached hydrogens (tertiary/aromatic N) is 2. The highest BCUT2D eigenvalue weighted by Gasteiger charge is 2.17. The van der Waals surface area contributed by atoms with Crippen LogP contribution in [0.4, 0.5) is 0 Å². The number of hydrogen-bond donors (Lipinski definition) is 3. The van der Waals surface area contributed by atoms with Crippen LogP contribution in [0.2, 0.25) is 0 Å². The lowest BCUT2D eigenvalue weighted by atomic mass is 10.1. The van der Waals surface area contributed by atoms with Gasteiger partial charge >= 0.3 is 0 Å². The van der Waals surface area contributed by atoms with Gasteiger partial charge in [0.2, 0.25) is 11.8 Å². The van der Waals surface area contributed by atoms with Gasteiger partial charge in [-0.3, -0.25) is 9.59 Å². The molecule has 2 aromatic heterocycles. The molecule has 0 fully saturated rings. The lowest BCUT2D eigenvalue weighted by Gasteiger charge is -2.14. The Kier molecular flexibility index (Phi) is 9.48. The van der Waals surface area contributed by atoms with Gasteiger partial charge < -0.3 is 20.8 Å². The number of aryl methyl sites for hydroxylation is 1. The van der Waals surface area contributed by atoms with Gasteiger partial charge in [0, 0.05) is 12.4 Å². The molecule has 2 heterocycles. The molecule has 0 saturated carbocycles. The van der Waals surface area contributed by atoms with E-state index in [4.69, 9.17) is 5.73 Å². The summed E-state index contributed by atoms with van der Waals surface area (Å²) >= 11 is 0. The minimum Gasteiger partial charge on any atom is -0.349 e. The summed E-state index contributed by atoms with van der Waals surface area (Å²) in [7, 11) is 0. The zero-order chi connectivity index (χ0) is 17.0. The molecule has 0 unspecified atom stereocenters. The minimum atomic E-state index is -0.607. The summed E-state index contributed by atoms with van der Waals surface area (Å²) in [5, 5.41) is 5.27. The number of fused-ring (bicyclic) bond motifs is 1. The van der Waals surface area contributed by atoms with Crippen molar-refractivity contribution in [3.63, 3.8) is 0 Å². The highest BCUT2D eigenvalue weighted by Crippen LogP contribution is 2.09. The second-order valence-corrected chi connectivity index (χ2v) is 5.92. The summed E-state index contributed by atoms with van der Waals surface area (Å²) in [6.45, 7) is 5.92. The lowest BCUT2D eigenvalue weighted by Crippen LogP contribution is -2.47. The number of imidazole rings is 1. The number of aromatic nitrogens is 2. The molecule has 140 valence electrons. The molecule has 0 aliphatic carbocycles. The normalized spacial score (nSPS) is 11.4. The van der Waals surface area contributed by atoms with Crippen LogP contribution in [0.1, 0.15) is 25.1 Å². The van der Waals surface area contributed by atoms with Crippen LogP contribution < -0.4 is 16.4 Å². The summed E-state index contributed by atoms with van der Waals surface area (Å²) in [4.78, 5) is 28.0. The molecule has 0 spiro atoms. The predicted octanol–water partition coefficient (Wildman–Crippen LogP) is 1.20. The SMILES string of the molecule is Cc1cccn2cc(CNC(=O)CNC(=O)[C@@H](N)C(C)C)nc12.Cl.Cl. The summed E-state index contributed by atoms with van der Waals surface area (Å²) < 4.78 is 1.92. The summed E-state index contributed by atoms with van der Waals surface area (Å²) in [5.41, 5.74) is 8.41. The van der Waals surface area contributed by atoms with Crippen molar-refractivity contribution in [2.75, 3.05) is 6.54 Å². The zero-order valence-corrected chi connectivity index (χ0v) is 16.1. The number of halogens is 2. The molecule has 4 N–H and O–H groups in total. The van der Waals surface area contributed by atoms with Crippen LogP contribution in [0.25, 0.3) is 5.65 Å². The topological polar surface area (TPSA) is 102 Å². The van der Waals surface area contributed by atoms with Crippen LogP contribution in [-0.4, -0.2) is 33.8 Å². The molecule has 0 radical (unpaired) electrons. The predicted molar refractivity (Wildman–Crippen MR) is 102 cm³/mol. The fourth-order valence-electron chi connectivity index (χ4n) is 2.13. The maximum absolute atomic E-state index is 11.8. The number of carbonyl (C=O) groups is 2. The van der Waals surface area contributed by atoms with Crippen LogP contribution in [0.15, 0.2) is 24.5 Å². The van der Waals surface area contributed by atoms with Crippen LogP contribution in [0.5, 0.6) is 0 Å². The Morgan fingerprint density at radius 2 is 1.96 bits per heavy atom. The third-order valence-corrected chi connectivity index (χ3v) is 3.64. The summed E-state index contributed by atoms with van der Waals surface area (Å²) in [5.74, 6) is -0.569. The number of amides is 2. The van der Waals surface area contributed by atoms with Crippen LogP contribution in [0, 0.1) is 12.8 Å². The second kappa shape index (κ2) is 10.2. The molecule has 0 aromatic carbocycles. The highest BCUT2D eigenvalue weighted by atomic mass is 35.5. The van der Waals surface area contributed by atoms with Gasteiger partial charge in [0.15, 0.2) is 0 Å². The monoisotopic (exact) mass is 389 g/mol. The number of hydrogen-bond acceptors (Lipinski definition) is 4. The minimum absolute atomic E-state index is 0. The van der Waals surface area contributed by atoms with Gasteiger partial charge in [-0.2, -0.15) is 0 Å². The first-order valence-corrected chi connectivity index (χ1v) is 7.61. The maximum Gasteiger partial charge on any atom is 0.239 e. The van der Waals surface area contributed by atoms with Gasteiger partial charge in [-0.25, -0.2) is 4.98 Å². The van der Waals surface area contributed by atoms with Crippen molar-refractivity contribution in [1.29, 1.82) is 0 Å². The number of nitrogens with one attached hydrogen (secondary N) is 2. The van der Waals surface area contributed by atoms with Crippen molar-refractivity contribution in [3.8, 4) is 0 Å². The highest BCUT2D eigenvalue weighted by molar-refractivity contribution is 5.87. The van der Waals surface area contributed by atoms with Gasteiger partial charge in [-0.1, -0.05) is 19.9 Å². The Morgan fingerprint density at radius 3 is 2.56 bits per heavy atom. The number of pyridine rings is 1. The summed E-state index contributed by atoms with van der Waals surface area (Å²) in [6, 6.07) is 3.32. The van der Waals surface area contributed by atoms with E-state index < -0.39 is 6.04 Å². The van der Waals surface area contributed by atoms with E-state index >= 15 is 0 Å². The van der Waals surface area contributed by atoms with E-state index in [-0.39, 0.29) is 49.1 Å². The number of nitrogens with two attached hydrogens (primary N) is 1. The zero-order valence-electron chi connectivity index (χ0n) is 14.5. The lowest BCUT2D eigenvalue weighted by molar-refractivity contribution is -0.127. The van der Waals surface area contributed by atoms with Crippen molar-refractivity contribution >= 4 is 42.3 Å². The fourth-order valence-corrected chi connectivity index (χ4v) is 2.13. The van der Waals surface area contributed by atoms with Gasteiger partial charge in [0.25, 0.3) is 0 Å². The van der Waals surface area contributed by atoms with E-state index in [0.717, 1.165) is 16.9 Å². The van der Waals surface area contributed by atoms with Crippen molar-refractivity contribution < 1.29 is 9.59 Å². The van der Waals surface area contributed by atoms with Crippen LogP contribution in [-0.2, 0) is 16.1 Å². The van der Waals surface area contributed by atoms with Crippen molar-refractivity contribution in [2.24, 2.45) is 11.7 Å². The number of carbonyl (C=O) groups excluding carboxylic acids is 2. The average Bonchev–Trinajstić information content (AvgIpc) is 2.94. The third-order valence-electron chi connectivity index (χ3n) is 3.64. The van der Waals surface area contributed by atoms with Crippen molar-refractivity contribution in [1.82, 2.24) is 20.0 Å². The first kappa shape index (κ1) is 23.2. The molecule has 1 atom stereocenters. The smallest absolute Gasteiger partial charge is 0.239 e. The van der Waals surface area contributed by atoms with Gasteiger partial charge in [0.1, 0.15) is 5.65 Å². The van der Waals surface area contributed by atoms with E-state index in [2.05, 4.69) is 15.6 Å². The molecule has 7 nitrogen and oxygen atoms in total. The molecule has 25 heavy (non-hydrogen) atoms. The molecule has 2 rings (SSSR count). The first-order valence-electron chi connectivity index (χ1n) is 7.61. The molecule has 0 aliphatic rings. The molecule has 9 heteroatoms.